The third-order valence-corrected chi connectivity index (χ3v) is 6.27. The first-order valence-corrected chi connectivity index (χ1v) is 9.37. The van der Waals surface area contributed by atoms with Crippen LogP contribution >= 0.6 is 0 Å². The maximum atomic E-state index is 12.5. The van der Waals surface area contributed by atoms with Crippen LogP contribution in [0.2, 0.25) is 0 Å². The molecule has 4 nitrogen and oxygen atoms in total. The highest BCUT2D eigenvalue weighted by atomic mass is 32.2. The Hall–Kier alpha value is -1.43. The van der Waals surface area contributed by atoms with Crippen molar-refractivity contribution in [2.75, 3.05) is 18.8 Å². The molecule has 0 unspecified atom stereocenters. The Labute approximate surface area is 132 Å². The number of benzene rings is 2. The molecule has 2 aromatic carbocycles. The van der Waals surface area contributed by atoms with Gasteiger partial charge in [0.05, 0.1) is 5.75 Å². The highest BCUT2D eigenvalue weighted by Gasteiger charge is 2.26. The van der Waals surface area contributed by atoms with Crippen LogP contribution in [0.4, 0.5) is 0 Å². The monoisotopic (exact) mass is 318 g/mol. The molecule has 0 aliphatic carbocycles. The smallest absolute Gasteiger partial charge is 0.214 e. The van der Waals surface area contributed by atoms with Crippen molar-refractivity contribution in [2.45, 2.75) is 25.3 Å². The van der Waals surface area contributed by atoms with Crippen LogP contribution in [0.1, 0.15) is 18.4 Å². The van der Waals surface area contributed by atoms with Crippen LogP contribution in [0.25, 0.3) is 10.8 Å². The number of nitrogens with zero attached hydrogens (tertiary/aromatic N) is 1. The molecule has 0 bridgehead atoms. The summed E-state index contributed by atoms with van der Waals surface area (Å²) in [6.45, 7) is 1.11. The number of aryl methyl sites for hydroxylation is 1. The number of nitrogens with two attached hydrogens (primary N) is 1. The number of fused-ring (bicyclic) bond motifs is 1. The van der Waals surface area contributed by atoms with E-state index in [9.17, 15) is 8.42 Å². The largest absolute Gasteiger partial charge is 0.328 e. The van der Waals surface area contributed by atoms with Gasteiger partial charge >= 0.3 is 0 Å². The predicted molar refractivity (Wildman–Crippen MR) is 90.2 cm³/mol. The van der Waals surface area contributed by atoms with Crippen molar-refractivity contribution in [3.05, 3.63) is 48.0 Å². The van der Waals surface area contributed by atoms with Gasteiger partial charge in [0.25, 0.3) is 0 Å². The van der Waals surface area contributed by atoms with Crippen molar-refractivity contribution in [1.82, 2.24) is 4.31 Å². The van der Waals surface area contributed by atoms with Crippen molar-refractivity contribution in [1.29, 1.82) is 0 Å². The molecule has 1 saturated heterocycles. The Morgan fingerprint density at radius 2 is 1.73 bits per heavy atom. The minimum absolute atomic E-state index is 0.143. The summed E-state index contributed by atoms with van der Waals surface area (Å²) < 4.78 is 26.6. The van der Waals surface area contributed by atoms with E-state index in [2.05, 4.69) is 18.2 Å². The third-order valence-electron chi connectivity index (χ3n) is 4.40. The van der Waals surface area contributed by atoms with Crippen molar-refractivity contribution >= 4 is 20.8 Å². The van der Waals surface area contributed by atoms with Gasteiger partial charge in [0, 0.05) is 19.1 Å². The van der Waals surface area contributed by atoms with Gasteiger partial charge in [0.2, 0.25) is 10.0 Å². The molecule has 5 heteroatoms. The predicted octanol–water partition coefficient (Wildman–Crippen LogP) is 2.14. The molecule has 0 saturated carbocycles. The van der Waals surface area contributed by atoms with E-state index in [0.29, 0.717) is 19.5 Å². The van der Waals surface area contributed by atoms with E-state index in [1.54, 1.807) is 4.31 Å². The van der Waals surface area contributed by atoms with E-state index in [1.165, 1.54) is 0 Å². The molecule has 2 N–H and O–H groups in total. The standard InChI is InChI=1S/C17H22N2O2S/c18-16-8-11-19(12-9-16)22(20,21)13-10-15-6-3-5-14-4-1-2-7-17(14)15/h1-7,16H,8-13,18H2. The first-order chi connectivity index (χ1) is 10.6. The lowest BCUT2D eigenvalue weighted by Gasteiger charge is -2.29. The normalized spacial score (nSPS) is 17.9. The van der Waals surface area contributed by atoms with Crippen molar-refractivity contribution in [3.8, 4) is 0 Å². The SMILES string of the molecule is NC1CCN(S(=O)(=O)CCc2cccc3ccccc23)CC1. The minimum Gasteiger partial charge on any atom is -0.328 e. The van der Waals surface area contributed by atoms with Crippen molar-refractivity contribution < 1.29 is 8.42 Å². The fourth-order valence-corrected chi connectivity index (χ4v) is 4.54. The number of hydrogen-bond acceptors (Lipinski definition) is 3. The van der Waals surface area contributed by atoms with Gasteiger partial charge in [-0.1, -0.05) is 42.5 Å². The molecule has 0 radical (unpaired) electrons. The van der Waals surface area contributed by atoms with Crippen molar-refractivity contribution in [3.63, 3.8) is 0 Å². The average Bonchev–Trinajstić information content (AvgIpc) is 2.53. The topological polar surface area (TPSA) is 63.4 Å². The zero-order valence-corrected chi connectivity index (χ0v) is 13.4. The summed E-state index contributed by atoms with van der Waals surface area (Å²) in [7, 11) is -3.20. The van der Waals surface area contributed by atoms with Gasteiger partial charge < -0.3 is 5.73 Å². The zero-order valence-electron chi connectivity index (χ0n) is 12.6. The van der Waals surface area contributed by atoms with Crippen LogP contribution in [0.15, 0.2) is 42.5 Å². The summed E-state index contributed by atoms with van der Waals surface area (Å²) in [6.07, 6.45) is 2.06. The Balaban J connectivity index is 1.73. The van der Waals surface area contributed by atoms with Gasteiger partial charge in [-0.15, -0.1) is 0 Å². The first kappa shape index (κ1) is 15.5. The summed E-state index contributed by atoms with van der Waals surface area (Å²) in [6, 6.07) is 14.3. The van der Waals surface area contributed by atoms with E-state index >= 15 is 0 Å². The molecule has 1 heterocycles. The molecule has 118 valence electrons. The maximum Gasteiger partial charge on any atom is 0.214 e. The summed E-state index contributed by atoms with van der Waals surface area (Å²) in [5.74, 6) is 0.163. The van der Waals surface area contributed by atoms with Crippen LogP contribution in [0.5, 0.6) is 0 Å². The van der Waals surface area contributed by atoms with Crippen LogP contribution in [0.3, 0.4) is 0 Å². The molecule has 0 spiro atoms. The first-order valence-electron chi connectivity index (χ1n) is 7.76. The Bertz CT molecular complexity index is 745. The lowest BCUT2D eigenvalue weighted by Crippen LogP contribution is -2.43. The van der Waals surface area contributed by atoms with E-state index in [-0.39, 0.29) is 11.8 Å². The molecule has 0 aromatic heterocycles. The van der Waals surface area contributed by atoms with Crippen LogP contribution < -0.4 is 5.73 Å². The lowest BCUT2D eigenvalue weighted by molar-refractivity contribution is 0.320. The van der Waals surface area contributed by atoms with Crippen LogP contribution in [-0.4, -0.2) is 37.6 Å². The number of rotatable bonds is 4. The van der Waals surface area contributed by atoms with E-state index in [4.69, 9.17) is 5.73 Å². The average molecular weight is 318 g/mol. The number of sulfonamides is 1. The van der Waals surface area contributed by atoms with Crippen molar-refractivity contribution in [2.24, 2.45) is 5.73 Å². The Kier molecular flexibility index (Phi) is 4.47. The zero-order chi connectivity index (χ0) is 15.6. The molecule has 22 heavy (non-hydrogen) atoms. The van der Waals surface area contributed by atoms with Gasteiger partial charge in [0.1, 0.15) is 0 Å². The summed E-state index contributed by atoms with van der Waals surface area (Å²) in [5, 5.41) is 2.29. The van der Waals surface area contributed by atoms with Gasteiger partial charge in [-0.2, -0.15) is 0 Å². The second kappa shape index (κ2) is 6.36. The van der Waals surface area contributed by atoms with Crippen LogP contribution in [-0.2, 0) is 16.4 Å². The molecule has 1 fully saturated rings. The fourth-order valence-electron chi connectivity index (χ4n) is 3.03. The highest BCUT2D eigenvalue weighted by molar-refractivity contribution is 7.89. The summed E-state index contributed by atoms with van der Waals surface area (Å²) >= 11 is 0. The second-order valence-corrected chi connectivity index (χ2v) is 8.03. The van der Waals surface area contributed by atoms with E-state index < -0.39 is 10.0 Å². The second-order valence-electron chi connectivity index (χ2n) is 5.94. The summed E-state index contributed by atoms with van der Waals surface area (Å²) in [5.41, 5.74) is 6.94. The maximum absolute atomic E-state index is 12.5. The van der Waals surface area contributed by atoms with Gasteiger partial charge in [-0.25, -0.2) is 12.7 Å². The third kappa shape index (κ3) is 3.32. The molecule has 0 amide bonds. The molecule has 1 aliphatic rings. The summed E-state index contributed by atoms with van der Waals surface area (Å²) in [4.78, 5) is 0. The molecule has 3 rings (SSSR count). The van der Waals surface area contributed by atoms with Gasteiger partial charge in [-0.05, 0) is 35.6 Å². The van der Waals surface area contributed by atoms with E-state index in [1.807, 2.05) is 24.3 Å². The van der Waals surface area contributed by atoms with Crippen LogP contribution in [0, 0.1) is 0 Å². The Morgan fingerprint density at radius 3 is 2.50 bits per heavy atom. The fraction of sp³-hybridized carbons (Fsp3) is 0.412. The lowest BCUT2D eigenvalue weighted by atomic mass is 10.0. The molecular weight excluding hydrogens is 296 g/mol. The van der Waals surface area contributed by atoms with Gasteiger partial charge in [0.15, 0.2) is 0 Å². The molecule has 2 aromatic rings. The highest BCUT2D eigenvalue weighted by Crippen LogP contribution is 2.20. The molecular formula is C17H22N2O2S. The molecule has 1 aliphatic heterocycles. The van der Waals surface area contributed by atoms with Gasteiger partial charge in [-0.3, -0.25) is 0 Å². The quantitative estimate of drug-likeness (QED) is 0.939. The molecule has 0 atom stereocenters. The number of hydrogen-bond donors (Lipinski definition) is 1. The van der Waals surface area contributed by atoms with E-state index in [0.717, 1.165) is 29.2 Å². The Morgan fingerprint density at radius 1 is 1.05 bits per heavy atom. The number of piperidine rings is 1. The minimum atomic E-state index is -3.20.